The molecule has 2 aromatic rings. The van der Waals surface area contributed by atoms with Crippen LogP contribution in [-0.4, -0.2) is 50.6 Å². The van der Waals surface area contributed by atoms with Gasteiger partial charge in [-0.05, 0) is 43.3 Å². The summed E-state index contributed by atoms with van der Waals surface area (Å²) in [5, 5.41) is 2.60. The van der Waals surface area contributed by atoms with Crippen molar-refractivity contribution in [3.05, 3.63) is 48.0 Å². The molecule has 2 aromatic carbocycles. The lowest BCUT2D eigenvalue weighted by atomic mass is 10.1. The molecule has 1 saturated heterocycles. The zero-order valence-corrected chi connectivity index (χ0v) is 18.5. The highest BCUT2D eigenvalue weighted by Gasteiger charge is 2.38. The quantitative estimate of drug-likeness (QED) is 0.578. The van der Waals surface area contributed by atoms with Crippen molar-refractivity contribution in [1.29, 1.82) is 0 Å². The van der Waals surface area contributed by atoms with E-state index in [1.54, 1.807) is 18.2 Å². The third kappa shape index (κ3) is 5.40. The van der Waals surface area contributed by atoms with Crippen LogP contribution in [0.2, 0.25) is 0 Å². The standard InChI is InChI=1S/C23H25N3O7/c1-13(22(29)25-16-6-4-14(5-7-16)21(24)28)33-23(30)15-10-20(27)26(12-15)18-9-8-17(31-2)11-19(18)32-3/h4-9,11,13,15H,10,12H2,1-3H3,(H2,24,28)(H,25,29). The van der Waals surface area contributed by atoms with Crippen molar-refractivity contribution in [2.45, 2.75) is 19.4 Å². The highest BCUT2D eigenvalue weighted by Crippen LogP contribution is 2.36. The second-order valence-electron chi connectivity index (χ2n) is 7.45. The fourth-order valence-electron chi connectivity index (χ4n) is 3.39. The van der Waals surface area contributed by atoms with Crippen molar-refractivity contribution >= 4 is 35.1 Å². The summed E-state index contributed by atoms with van der Waals surface area (Å²) in [4.78, 5) is 50.2. The van der Waals surface area contributed by atoms with Crippen molar-refractivity contribution in [2.75, 3.05) is 31.0 Å². The van der Waals surface area contributed by atoms with E-state index in [2.05, 4.69) is 5.32 Å². The number of anilines is 2. The van der Waals surface area contributed by atoms with Gasteiger partial charge >= 0.3 is 5.97 Å². The number of rotatable bonds is 8. The number of hydrogen-bond acceptors (Lipinski definition) is 7. The molecule has 3 rings (SSSR count). The second kappa shape index (κ2) is 10.0. The first-order valence-electron chi connectivity index (χ1n) is 10.2. The van der Waals surface area contributed by atoms with E-state index in [0.717, 1.165) is 0 Å². The van der Waals surface area contributed by atoms with Gasteiger partial charge in [0.15, 0.2) is 6.10 Å². The van der Waals surface area contributed by atoms with Crippen LogP contribution in [0.3, 0.4) is 0 Å². The molecule has 3 N–H and O–H groups in total. The molecular weight excluding hydrogens is 430 g/mol. The minimum Gasteiger partial charge on any atom is -0.497 e. The number of primary amides is 1. The van der Waals surface area contributed by atoms with Crippen LogP contribution in [0, 0.1) is 5.92 Å². The smallest absolute Gasteiger partial charge is 0.312 e. The highest BCUT2D eigenvalue weighted by atomic mass is 16.5. The van der Waals surface area contributed by atoms with Gasteiger partial charge in [-0.1, -0.05) is 0 Å². The predicted octanol–water partition coefficient (Wildman–Crippen LogP) is 1.73. The van der Waals surface area contributed by atoms with E-state index >= 15 is 0 Å². The van der Waals surface area contributed by atoms with Gasteiger partial charge in [0.05, 0.1) is 25.8 Å². The first-order valence-corrected chi connectivity index (χ1v) is 10.2. The van der Waals surface area contributed by atoms with Gasteiger partial charge < -0.3 is 30.2 Å². The molecule has 0 spiro atoms. The molecule has 0 aliphatic carbocycles. The lowest BCUT2D eigenvalue weighted by Gasteiger charge is -2.20. The summed E-state index contributed by atoms with van der Waals surface area (Å²) in [6, 6.07) is 11.0. The fraction of sp³-hybridized carbons (Fsp3) is 0.304. The van der Waals surface area contributed by atoms with Gasteiger partial charge in [-0.3, -0.25) is 19.2 Å². The Morgan fingerprint density at radius 2 is 1.79 bits per heavy atom. The van der Waals surface area contributed by atoms with Crippen LogP contribution in [0.4, 0.5) is 11.4 Å². The molecule has 33 heavy (non-hydrogen) atoms. The SMILES string of the molecule is COc1ccc(N2CC(C(=O)OC(C)C(=O)Nc3ccc(C(N)=O)cc3)CC2=O)c(OC)c1. The number of nitrogens with two attached hydrogens (primary N) is 1. The summed E-state index contributed by atoms with van der Waals surface area (Å²) in [6.07, 6.45) is -1.13. The molecule has 10 nitrogen and oxygen atoms in total. The number of hydrogen-bond donors (Lipinski definition) is 2. The largest absolute Gasteiger partial charge is 0.497 e. The van der Waals surface area contributed by atoms with E-state index in [9.17, 15) is 19.2 Å². The lowest BCUT2D eigenvalue weighted by Crippen LogP contribution is -2.33. The summed E-state index contributed by atoms with van der Waals surface area (Å²) < 4.78 is 15.8. The van der Waals surface area contributed by atoms with Gasteiger partial charge in [-0.25, -0.2) is 0 Å². The Balaban J connectivity index is 1.60. The molecule has 1 heterocycles. The van der Waals surface area contributed by atoms with E-state index in [4.69, 9.17) is 19.9 Å². The van der Waals surface area contributed by atoms with Crippen molar-refractivity contribution in [3.8, 4) is 11.5 Å². The fourth-order valence-corrected chi connectivity index (χ4v) is 3.39. The van der Waals surface area contributed by atoms with Crippen molar-refractivity contribution in [2.24, 2.45) is 11.7 Å². The van der Waals surface area contributed by atoms with E-state index in [0.29, 0.717) is 28.4 Å². The third-order valence-corrected chi connectivity index (χ3v) is 5.24. The van der Waals surface area contributed by atoms with Crippen LogP contribution in [-0.2, 0) is 19.1 Å². The van der Waals surface area contributed by atoms with Crippen molar-refractivity contribution in [3.63, 3.8) is 0 Å². The monoisotopic (exact) mass is 455 g/mol. The maximum Gasteiger partial charge on any atom is 0.312 e. The van der Waals surface area contributed by atoms with Gasteiger partial charge in [0.25, 0.3) is 5.91 Å². The molecule has 174 valence electrons. The minimum atomic E-state index is -1.09. The molecule has 1 aliphatic rings. The number of methoxy groups -OCH3 is 2. The van der Waals surface area contributed by atoms with Crippen molar-refractivity contribution in [1.82, 2.24) is 0 Å². The number of carbonyl (C=O) groups is 4. The molecule has 0 aromatic heterocycles. The second-order valence-corrected chi connectivity index (χ2v) is 7.45. The lowest BCUT2D eigenvalue weighted by molar-refractivity contribution is -0.157. The molecule has 0 saturated carbocycles. The first-order chi connectivity index (χ1) is 15.7. The number of benzene rings is 2. The number of nitrogens with zero attached hydrogens (tertiary/aromatic N) is 1. The maximum atomic E-state index is 12.6. The highest BCUT2D eigenvalue weighted by molar-refractivity contribution is 6.01. The van der Waals surface area contributed by atoms with Crippen LogP contribution in [0.1, 0.15) is 23.7 Å². The zero-order valence-electron chi connectivity index (χ0n) is 18.5. The molecule has 0 radical (unpaired) electrons. The van der Waals surface area contributed by atoms with E-state index in [-0.39, 0.29) is 18.9 Å². The van der Waals surface area contributed by atoms with Gasteiger partial charge in [0.2, 0.25) is 11.8 Å². The first kappa shape index (κ1) is 23.6. The molecule has 3 amide bonds. The Morgan fingerprint density at radius 3 is 2.39 bits per heavy atom. The summed E-state index contributed by atoms with van der Waals surface area (Å²) >= 11 is 0. The summed E-state index contributed by atoms with van der Waals surface area (Å²) in [6.45, 7) is 1.54. The molecular formula is C23H25N3O7. The average Bonchev–Trinajstić information content (AvgIpc) is 3.20. The number of esters is 1. The third-order valence-electron chi connectivity index (χ3n) is 5.24. The number of amides is 3. The van der Waals surface area contributed by atoms with Crippen LogP contribution in [0.15, 0.2) is 42.5 Å². The molecule has 10 heteroatoms. The van der Waals surface area contributed by atoms with Gasteiger partial charge in [-0.2, -0.15) is 0 Å². The Hall–Kier alpha value is -4.08. The minimum absolute atomic E-state index is 0.0447. The van der Waals surface area contributed by atoms with E-state index in [1.807, 2.05) is 0 Å². The maximum absolute atomic E-state index is 12.6. The van der Waals surface area contributed by atoms with Gasteiger partial charge in [-0.15, -0.1) is 0 Å². The van der Waals surface area contributed by atoms with E-state index in [1.165, 1.54) is 50.3 Å². The van der Waals surface area contributed by atoms with Crippen molar-refractivity contribution < 1.29 is 33.4 Å². The predicted molar refractivity (Wildman–Crippen MR) is 119 cm³/mol. The number of carbonyl (C=O) groups excluding carboxylic acids is 4. The Kier molecular flexibility index (Phi) is 7.17. The van der Waals surface area contributed by atoms with Crippen LogP contribution in [0.25, 0.3) is 0 Å². The summed E-state index contributed by atoms with van der Waals surface area (Å²) in [5.41, 5.74) is 6.43. The molecule has 0 bridgehead atoms. The zero-order chi connectivity index (χ0) is 24.1. The number of nitrogens with one attached hydrogen (secondary N) is 1. The molecule has 2 atom stereocenters. The molecule has 1 fully saturated rings. The van der Waals surface area contributed by atoms with Gasteiger partial charge in [0, 0.05) is 30.3 Å². The topological polar surface area (TPSA) is 137 Å². The van der Waals surface area contributed by atoms with E-state index < -0.39 is 29.8 Å². The van der Waals surface area contributed by atoms with Gasteiger partial charge in [0.1, 0.15) is 11.5 Å². The Labute approximate surface area is 190 Å². The summed E-state index contributed by atoms with van der Waals surface area (Å²) in [7, 11) is 3.00. The van der Waals surface area contributed by atoms with Crippen LogP contribution < -0.4 is 25.4 Å². The summed E-state index contributed by atoms with van der Waals surface area (Å²) in [5.74, 6) is -1.75. The van der Waals surface area contributed by atoms with Crippen LogP contribution in [0.5, 0.6) is 11.5 Å². The normalized spacial score (nSPS) is 16.2. The molecule has 2 unspecified atom stereocenters. The Morgan fingerprint density at radius 1 is 1.09 bits per heavy atom. The molecule has 1 aliphatic heterocycles. The Bertz CT molecular complexity index is 1070. The average molecular weight is 455 g/mol. The van der Waals surface area contributed by atoms with Crippen LogP contribution >= 0.6 is 0 Å². The number of ether oxygens (including phenoxy) is 3.